The number of sulfone groups is 1. The fraction of sp³-hybridized carbons (Fsp3) is 0.632. The third kappa shape index (κ3) is 3.84. The highest BCUT2D eigenvalue weighted by Gasteiger charge is 2.35. The molecular formula is C19H28N2O3S. The molecular weight excluding hydrogens is 336 g/mol. The Morgan fingerprint density at radius 2 is 1.80 bits per heavy atom. The SMILES string of the molecule is CC(C)C1CN(C(=O)NC2CCC(S(C)(=O)=O)CC2)c2ccccc21. The molecule has 2 amide bonds. The van der Waals surface area contributed by atoms with Crippen LogP contribution in [0, 0.1) is 5.92 Å². The lowest BCUT2D eigenvalue weighted by molar-refractivity contribution is 0.238. The molecule has 3 rings (SSSR count). The summed E-state index contributed by atoms with van der Waals surface area (Å²) in [6.45, 7) is 5.09. The largest absolute Gasteiger partial charge is 0.335 e. The predicted molar refractivity (Wildman–Crippen MR) is 101 cm³/mol. The summed E-state index contributed by atoms with van der Waals surface area (Å²) in [6, 6.07) is 8.14. The van der Waals surface area contributed by atoms with E-state index in [2.05, 4.69) is 25.2 Å². The average molecular weight is 365 g/mol. The van der Waals surface area contributed by atoms with Gasteiger partial charge in [-0.1, -0.05) is 32.0 Å². The monoisotopic (exact) mass is 364 g/mol. The van der Waals surface area contributed by atoms with Crippen molar-refractivity contribution in [2.45, 2.75) is 56.7 Å². The Hall–Kier alpha value is -1.56. The Morgan fingerprint density at radius 3 is 2.40 bits per heavy atom. The van der Waals surface area contributed by atoms with Gasteiger partial charge in [0.2, 0.25) is 0 Å². The number of amides is 2. The molecule has 0 aromatic heterocycles. The maximum absolute atomic E-state index is 12.8. The fourth-order valence-corrected chi connectivity index (χ4v) is 5.22. The number of hydrogen-bond donors (Lipinski definition) is 1. The maximum atomic E-state index is 12.8. The second kappa shape index (κ2) is 6.98. The molecule has 1 N–H and O–H groups in total. The van der Waals surface area contributed by atoms with E-state index < -0.39 is 9.84 Å². The molecule has 2 aliphatic rings. The van der Waals surface area contributed by atoms with Crippen LogP contribution in [0.25, 0.3) is 0 Å². The van der Waals surface area contributed by atoms with Gasteiger partial charge < -0.3 is 5.32 Å². The fourth-order valence-electron chi connectivity index (χ4n) is 4.09. The number of carbonyl (C=O) groups is 1. The summed E-state index contributed by atoms with van der Waals surface area (Å²) >= 11 is 0. The first kappa shape index (κ1) is 18.2. The van der Waals surface area contributed by atoms with E-state index >= 15 is 0 Å². The van der Waals surface area contributed by atoms with Gasteiger partial charge in [-0.3, -0.25) is 4.90 Å². The molecule has 0 bridgehead atoms. The molecule has 1 unspecified atom stereocenters. The Balaban J connectivity index is 1.65. The normalized spacial score (nSPS) is 26.6. The van der Waals surface area contributed by atoms with Crippen LogP contribution in [0.15, 0.2) is 24.3 Å². The third-order valence-electron chi connectivity index (χ3n) is 5.66. The summed E-state index contributed by atoms with van der Waals surface area (Å²) in [6.07, 6.45) is 4.03. The zero-order valence-electron chi connectivity index (χ0n) is 15.2. The molecule has 1 aromatic carbocycles. The molecule has 5 nitrogen and oxygen atoms in total. The summed E-state index contributed by atoms with van der Waals surface area (Å²) in [7, 11) is -2.97. The number of nitrogens with one attached hydrogen (secondary N) is 1. The van der Waals surface area contributed by atoms with Crippen molar-refractivity contribution in [3.8, 4) is 0 Å². The zero-order valence-corrected chi connectivity index (χ0v) is 16.1. The number of anilines is 1. The van der Waals surface area contributed by atoms with E-state index in [1.165, 1.54) is 11.8 Å². The van der Waals surface area contributed by atoms with Crippen LogP contribution in [-0.4, -0.2) is 38.5 Å². The second-order valence-corrected chi connectivity index (χ2v) is 10.1. The molecule has 1 fully saturated rings. The Kier molecular flexibility index (Phi) is 5.09. The van der Waals surface area contributed by atoms with E-state index in [0.29, 0.717) is 31.2 Å². The molecule has 1 atom stereocenters. The number of carbonyl (C=O) groups excluding carboxylic acids is 1. The summed E-state index contributed by atoms with van der Waals surface area (Å²) in [5.41, 5.74) is 2.25. The smallest absolute Gasteiger partial charge is 0.322 e. The molecule has 0 spiro atoms. The number of nitrogens with zero attached hydrogens (tertiary/aromatic N) is 1. The molecule has 138 valence electrons. The van der Waals surface area contributed by atoms with Gasteiger partial charge in [-0.25, -0.2) is 13.2 Å². The molecule has 0 radical (unpaired) electrons. The van der Waals surface area contributed by atoms with Gasteiger partial charge in [0.25, 0.3) is 0 Å². The van der Waals surface area contributed by atoms with Gasteiger partial charge in [0.05, 0.1) is 5.25 Å². The first-order valence-electron chi connectivity index (χ1n) is 9.13. The lowest BCUT2D eigenvalue weighted by atomic mass is 9.90. The van der Waals surface area contributed by atoms with Crippen LogP contribution in [0.1, 0.15) is 51.0 Å². The van der Waals surface area contributed by atoms with Crippen LogP contribution in [-0.2, 0) is 9.84 Å². The number of para-hydroxylation sites is 1. The highest BCUT2D eigenvalue weighted by Crippen LogP contribution is 2.40. The van der Waals surface area contributed by atoms with Gasteiger partial charge in [0.15, 0.2) is 0 Å². The van der Waals surface area contributed by atoms with Crippen molar-refractivity contribution in [3.05, 3.63) is 29.8 Å². The van der Waals surface area contributed by atoms with Crippen molar-refractivity contribution in [2.75, 3.05) is 17.7 Å². The van der Waals surface area contributed by atoms with Crippen LogP contribution in [0.3, 0.4) is 0 Å². The van der Waals surface area contributed by atoms with E-state index in [9.17, 15) is 13.2 Å². The van der Waals surface area contributed by atoms with E-state index in [0.717, 1.165) is 18.5 Å². The maximum Gasteiger partial charge on any atom is 0.322 e. The van der Waals surface area contributed by atoms with Gasteiger partial charge in [-0.2, -0.15) is 0 Å². The predicted octanol–water partition coefficient (Wildman–Crippen LogP) is 3.31. The Bertz CT molecular complexity index is 737. The standard InChI is InChI=1S/C19H28N2O3S/c1-13(2)17-12-21(18-7-5-4-6-16(17)18)19(22)20-14-8-10-15(11-9-14)25(3,23)24/h4-7,13-15,17H,8-12H2,1-3H3,(H,20,22). The van der Waals surface area contributed by atoms with Gasteiger partial charge >= 0.3 is 6.03 Å². The van der Waals surface area contributed by atoms with Gasteiger partial charge in [0, 0.05) is 30.4 Å². The number of benzene rings is 1. The van der Waals surface area contributed by atoms with Crippen LogP contribution in [0.4, 0.5) is 10.5 Å². The number of fused-ring (bicyclic) bond motifs is 1. The minimum absolute atomic E-state index is 0.0570. The van der Waals surface area contributed by atoms with Crippen molar-refractivity contribution < 1.29 is 13.2 Å². The second-order valence-electron chi connectivity index (χ2n) is 7.77. The average Bonchev–Trinajstić information content (AvgIpc) is 2.94. The van der Waals surface area contributed by atoms with Gasteiger partial charge in [-0.15, -0.1) is 0 Å². The van der Waals surface area contributed by atoms with Crippen molar-refractivity contribution in [1.82, 2.24) is 5.32 Å². The first-order valence-corrected chi connectivity index (χ1v) is 11.1. The van der Waals surface area contributed by atoms with Gasteiger partial charge in [-0.05, 0) is 43.2 Å². The Morgan fingerprint density at radius 1 is 1.16 bits per heavy atom. The van der Waals surface area contributed by atoms with Crippen molar-refractivity contribution in [1.29, 1.82) is 0 Å². The van der Waals surface area contributed by atoms with Crippen LogP contribution in [0.5, 0.6) is 0 Å². The zero-order chi connectivity index (χ0) is 18.2. The molecule has 25 heavy (non-hydrogen) atoms. The van der Waals surface area contributed by atoms with Crippen molar-refractivity contribution >= 4 is 21.6 Å². The molecule has 1 aromatic rings. The lowest BCUT2D eigenvalue weighted by Crippen LogP contribution is -2.46. The minimum Gasteiger partial charge on any atom is -0.335 e. The molecule has 1 heterocycles. The summed E-state index contributed by atoms with van der Waals surface area (Å²) in [5, 5.41) is 2.87. The van der Waals surface area contributed by atoms with E-state index in [1.807, 2.05) is 23.1 Å². The van der Waals surface area contributed by atoms with Crippen LogP contribution < -0.4 is 10.2 Å². The van der Waals surface area contributed by atoms with Crippen molar-refractivity contribution in [2.24, 2.45) is 5.92 Å². The highest BCUT2D eigenvalue weighted by atomic mass is 32.2. The van der Waals surface area contributed by atoms with E-state index in [4.69, 9.17) is 0 Å². The number of rotatable bonds is 3. The first-order chi connectivity index (χ1) is 11.8. The Labute approximate surface area is 150 Å². The van der Waals surface area contributed by atoms with Gasteiger partial charge in [0.1, 0.15) is 9.84 Å². The molecule has 6 heteroatoms. The lowest BCUT2D eigenvalue weighted by Gasteiger charge is -2.30. The van der Waals surface area contributed by atoms with Crippen LogP contribution in [0.2, 0.25) is 0 Å². The molecule has 1 aliphatic carbocycles. The quantitative estimate of drug-likeness (QED) is 0.895. The minimum atomic E-state index is -2.97. The number of urea groups is 1. The molecule has 1 aliphatic heterocycles. The van der Waals surface area contributed by atoms with E-state index in [-0.39, 0.29) is 17.3 Å². The summed E-state index contributed by atoms with van der Waals surface area (Å²) < 4.78 is 23.3. The number of hydrogen-bond acceptors (Lipinski definition) is 3. The van der Waals surface area contributed by atoms with Crippen molar-refractivity contribution in [3.63, 3.8) is 0 Å². The third-order valence-corrected chi connectivity index (χ3v) is 7.35. The highest BCUT2D eigenvalue weighted by molar-refractivity contribution is 7.91. The summed E-state index contributed by atoms with van der Waals surface area (Å²) in [4.78, 5) is 14.7. The van der Waals surface area contributed by atoms with E-state index in [1.54, 1.807) is 0 Å². The molecule has 0 saturated heterocycles. The molecule has 1 saturated carbocycles. The summed E-state index contributed by atoms with van der Waals surface area (Å²) in [5.74, 6) is 0.840. The topological polar surface area (TPSA) is 66.5 Å². The van der Waals surface area contributed by atoms with Crippen LogP contribution >= 0.6 is 0 Å².